The van der Waals surface area contributed by atoms with E-state index >= 15 is 0 Å². The van der Waals surface area contributed by atoms with Crippen molar-refractivity contribution in [2.24, 2.45) is 0 Å². The Morgan fingerprint density at radius 1 is 1.24 bits per heavy atom. The van der Waals surface area contributed by atoms with E-state index in [1.807, 2.05) is 0 Å². The van der Waals surface area contributed by atoms with Gasteiger partial charge in [-0.15, -0.1) is 0 Å². The molecule has 1 saturated heterocycles. The summed E-state index contributed by atoms with van der Waals surface area (Å²) in [4.78, 5) is 0. The van der Waals surface area contributed by atoms with E-state index in [9.17, 15) is 0 Å². The normalized spacial score (nSPS) is 21.8. The molecule has 0 aliphatic carbocycles. The third kappa shape index (κ3) is 3.95. The van der Waals surface area contributed by atoms with Gasteiger partial charge in [0.15, 0.2) is 0 Å². The van der Waals surface area contributed by atoms with Crippen LogP contribution in [0.4, 0.5) is 0 Å². The van der Waals surface area contributed by atoms with Gasteiger partial charge in [0.2, 0.25) is 9.76 Å². The van der Waals surface area contributed by atoms with E-state index in [0.717, 1.165) is 11.6 Å². The van der Waals surface area contributed by atoms with E-state index in [2.05, 4.69) is 41.2 Å². The molecule has 1 rings (SSSR count). The van der Waals surface area contributed by atoms with Gasteiger partial charge in [-0.3, -0.25) is 0 Å². The molecule has 0 aromatic carbocycles. The van der Waals surface area contributed by atoms with Crippen molar-refractivity contribution in [3.8, 4) is 0 Å². The monoisotopic (exact) mass is 254 g/mol. The van der Waals surface area contributed by atoms with Crippen LogP contribution < -0.4 is 0 Å². The first-order chi connectivity index (χ1) is 7.78. The second-order valence-electron chi connectivity index (χ2n) is 5.43. The molecule has 96 valence electrons. The smallest absolute Gasteiger partial charge is 0.414 e. The van der Waals surface area contributed by atoms with Crippen molar-refractivity contribution in [2.45, 2.75) is 58.2 Å². The van der Waals surface area contributed by atoms with Crippen LogP contribution in [0, 0.1) is 0 Å². The maximum atomic E-state index is 5.90. The average molecular weight is 254 g/mol. The maximum Gasteiger partial charge on any atom is 0.462 e. The molecule has 0 spiro atoms. The highest BCUT2D eigenvalue weighted by Crippen LogP contribution is 2.38. The molecule has 5 heteroatoms. The lowest BCUT2D eigenvalue weighted by Crippen LogP contribution is -2.41. The van der Waals surface area contributed by atoms with Crippen LogP contribution in [0.3, 0.4) is 0 Å². The van der Waals surface area contributed by atoms with E-state index in [4.69, 9.17) is 13.7 Å². The number of hydrogen-bond donors (Lipinski definition) is 0. The summed E-state index contributed by atoms with van der Waals surface area (Å²) in [6.07, 6.45) is 0.709. The fourth-order valence-corrected chi connectivity index (χ4v) is 2.11. The summed E-state index contributed by atoms with van der Waals surface area (Å²) < 4.78 is 17.3. The molecule has 17 heavy (non-hydrogen) atoms. The van der Waals surface area contributed by atoms with Gasteiger partial charge in [0.05, 0.1) is 17.8 Å². The van der Waals surface area contributed by atoms with E-state index < -0.39 is 0 Å². The quantitative estimate of drug-likeness (QED) is 0.414. The van der Waals surface area contributed by atoms with Crippen LogP contribution in [-0.2, 0) is 13.7 Å². The zero-order chi connectivity index (χ0) is 13.1. The van der Waals surface area contributed by atoms with Crippen LogP contribution in [0.2, 0.25) is 12.4 Å². The fourth-order valence-electron chi connectivity index (χ4n) is 1.60. The molecule has 1 aliphatic heterocycles. The first-order valence-electron chi connectivity index (χ1n) is 6.15. The molecule has 0 N–H and O–H groups in total. The highest BCUT2D eigenvalue weighted by molar-refractivity contribution is 6.46. The molecule has 1 heterocycles. The first-order valence-corrected chi connectivity index (χ1v) is 7.27. The molecule has 1 aliphatic rings. The number of hydrogen-bond acceptors (Lipinski definition) is 3. The average Bonchev–Trinajstić information content (AvgIpc) is 2.35. The third-order valence-electron chi connectivity index (χ3n) is 3.28. The van der Waals surface area contributed by atoms with Crippen LogP contribution in [0.5, 0.6) is 0 Å². The van der Waals surface area contributed by atoms with Crippen molar-refractivity contribution in [2.75, 3.05) is 6.61 Å². The Bertz CT molecular complexity index is 263. The van der Waals surface area contributed by atoms with Gasteiger partial charge in [-0.1, -0.05) is 19.1 Å². The molecule has 0 aromatic heterocycles. The molecule has 0 amide bonds. The van der Waals surface area contributed by atoms with Gasteiger partial charge in [0, 0.05) is 6.32 Å². The minimum atomic E-state index is -0.260. The largest absolute Gasteiger partial charge is 0.462 e. The van der Waals surface area contributed by atoms with Crippen LogP contribution in [-0.4, -0.2) is 34.7 Å². The van der Waals surface area contributed by atoms with Crippen molar-refractivity contribution in [1.82, 2.24) is 0 Å². The summed E-state index contributed by atoms with van der Waals surface area (Å²) in [6, 6.07) is 1.06. The number of rotatable bonds is 6. The van der Waals surface area contributed by atoms with E-state index in [-0.39, 0.29) is 18.3 Å². The van der Waals surface area contributed by atoms with Gasteiger partial charge in [0.25, 0.3) is 0 Å². The Balaban J connectivity index is 2.37. The molecular weight excluding hydrogens is 231 g/mol. The zero-order valence-electron chi connectivity index (χ0n) is 11.6. The molecule has 1 fully saturated rings. The summed E-state index contributed by atoms with van der Waals surface area (Å²) in [5.41, 5.74) is 0.512. The van der Waals surface area contributed by atoms with E-state index in [0.29, 0.717) is 22.7 Å². The van der Waals surface area contributed by atoms with Crippen molar-refractivity contribution in [1.29, 1.82) is 0 Å². The first kappa shape index (κ1) is 15.0. The lowest BCUT2D eigenvalue weighted by atomic mass is 9.81. The zero-order valence-corrected chi connectivity index (χ0v) is 12.6. The Morgan fingerprint density at radius 2 is 1.76 bits per heavy atom. The molecule has 0 saturated carbocycles. The summed E-state index contributed by atoms with van der Waals surface area (Å²) in [5, 5.41) is 0. The topological polar surface area (TPSA) is 27.7 Å². The fraction of sp³-hybridized carbons (Fsp3) is 0.833. The molecule has 0 unspecified atom stereocenters. The Labute approximate surface area is 108 Å². The van der Waals surface area contributed by atoms with Gasteiger partial charge < -0.3 is 13.7 Å². The predicted octanol–water partition coefficient (Wildman–Crippen LogP) is 2.71. The molecule has 3 nitrogen and oxygen atoms in total. The molecule has 0 aromatic rings. The minimum absolute atomic E-state index is 0.193. The second kappa shape index (κ2) is 5.69. The lowest BCUT2D eigenvalue weighted by Gasteiger charge is -2.32. The predicted molar refractivity (Wildman–Crippen MR) is 72.2 cm³/mol. The van der Waals surface area contributed by atoms with E-state index in [1.165, 1.54) is 0 Å². The summed E-state index contributed by atoms with van der Waals surface area (Å²) in [7, 11) is 0.363. The van der Waals surface area contributed by atoms with Crippen molar-refractivity contribution < 1.29 is 13.7 Å². The van der Waals surface area contributed by atoms with Gasteiger partial charge >= 0.3 is 7.12 Å². The van der Waals surface area contributed by atoms with Crippen molar-refractivity contribution in [3.05, 3.63) is 12.2 Å². The molecule has 2 radical (unpaired) electrons. The summed E-state index contributed by atoms with van der Waals surface area (Å²) >= 11 is 0. The standard InChI is InChI=1S/C12H23BO3Si/c1-7-17-14-9-10(2)8-13-15-11(3,4)12(5,6)16-13/h2,7-9H2,1,3-6H3. The van der Waals surface area contributed by atoms with Crippen LogP contribution >= 0.6 is 0 Å². The Morgan fingerprint density at radius 3 is 2.24 bits per heavy atom. The lowest BCUT2D eigenvalue weighted by molar-refractivity contribution is 0.00578. The molecule has 0 atom stereocenters. The van der Waals surface area contributed by atoms with Gasteiger partial charge in [0.1, 0.15) is 0 Å². The van der Waals surface area contributed by atoms with Crippen LogP contribution in [0.1, 0.15) is 34.6 Å². The Hall–Kier alpha value is -0.0982. The van der Waals surface area contributed by atoms with Crippen molar-refractivity contribution in [3.63, 3.8) is 0 Å². The van der Waals surface area contributed by atoms with Gasteiger partial charge in [-0.25, -0.2) is 0 Å². The summed E-state index contributed by atoms with van der Waals surface area (Å²) in [6.45, 7) is 15.0. The van der Waals surface area contributed by atoms with Crippen LogP contribution in [0.25, 0.3) is 0 Å². The van der Waals surface area contributed by atoms with Gasteiger partial charge in [-0.2, -0.15) is 0 Å². The highest BCUT2D eigenvalue weighted by atomic mass is 28.2. The summed E-state index contributed by atoms with van der Waals surface area (Å²) in [5.74, 6) is 0. The molecule has 0 bridgehead atoms. The van der Waals surface area contributed by atoms with Crippen molar-refractivity contribution >= 4 is 16.9 Å². The second-order valence-corrected chi connectivity index (χ2v) is 6.71. The van der Waals surface area contributed by atoms with Gasteiger partial charge in [-0.05, 0) is 33.7 Å². The highest BCUT2D eigenvalue weighted by Gasteiger charge is 2.50. The SMILES string of the molecule is C=C(CO[Si]CC)CB1OC(C)(C)C(C)(C)O1. The maximum absolute atomic E-state index is 5.90. The van der Waals surface area contributed by atoms with Crippen LogP contribution in [0.15, 0.2) is 12.2 Å². The third-order valence-corrected chi connectivity index (χ3v) is 3.92. The molecular formula is C12H23BO3Si. The van der Waals surface area contributed by atoms with E-state index in [1.54, 1.807) is 0 Å². The Kier molecular flexibility index (Phi) is 5.01. The minimum Gasteiger partial charge on any atom is -0.414 e.